The van der Waals surface area contributed by atoms with Crippen molar-refractivity contribution in [2.24, 2.45) is 7.05 Å². The number of rotatable bonds is 14. The number of nitrogens with zero attached hydrogens (tertiary/aromatic N) is 3. The van der Waals surface area contributed by atoms with Crippen molar-refractivity contribution in [1.29, 1.82) is 0 Å². The number of hydrogen-bond donors (Lipinski definition) is 4. The molecule has 0 spiro atoms. The number of imide groups is 1. The van der Waals surface area contributed by atoms with Gasteiger partial charge in [-0.3, -0.25) is 33.6 Å². The van der Waals surface area contributed by atoms with Crippen molar-refractivity contribution in [2.75, 3.05) is 11.9 Å². The summed E-state index contributed by atoms with van der Waals surface area (Å²) in [5.74, 6) is -0.703. The van der Waals surface area contributed by atoms with Crippen LogP contribution in [0.25, 0.3) is 43.3 Å². The van der Waals surface area contributed by atoms with Crippen LogP contribution < -0.4 is 27.0 Å². The molecule has 2 aliphatic heterocycles. The van der Waals surface area contributed by atoms with Gasteiger partial charge in [0.25, 0.3) is 5.91 Å². The Hall–Kier alpha value is -5.82. The van der Waals surface area contributed by atoms with E-state index < -0.39 is 11.9 Å². The van der Waals surface area contributed by atoms with E-state index in [1.807, 2.05) is 55.5 Å². The summed E-state index contributed by atoms with van der Waals surface area (Å²) in [6.07, 6.45) is 9.12. The predicted octanol–water partition coefficient (Wildman–Crippen LogP) is 7.27. The van der Waals surface area contributed by atoms with Gasteiger partial charge in [0, 0.05) is 60.1 Å². The molecule has 1 unspecified atom stereocenters. The van der Waals surface area contributed by atoms with Crippen LogP contribution in [0.15, 0.2) is 71.5 Å². The molecule has 1 saturated heterocycles. The first-order valence-corrected chi connectivity index (χ1v) is 21.3. The highest BCUT2D eigenvalue weighted by Gasteiger charge is 2.31. The molecule has 4 amide bonds. The molecule has 8 rings (SSSR count). The Morgan fingerprint density at radius 1 is 0.931 bits per heavy atom. The van der Waals surface area contributed by atoms with E-state index in [9.17, 15) is 24.0 Å². The van der Waals surface area contributed by atoms with Gasteiger partial charge in [-0.2, -0.15) is 0 Å². The number of piperidine rings is 1. The number of carbonyl (C=O) groups excluding carboxylic acids is 4. The molecule has 1 fully saturated rings. The third-order valence-electron chi connectivity index (χ3n) is 11.5. The van der Waals surface area contributed by atoms with Crippen LogP contribution in [0.3, 0.4) is 0 Å². The maximum atomic E-state index is 13.2. The van der Waals surface area contributed by atoms with Crippen LogP contribution in [0.1, 0.15) is 98.0 Å². The second-order valence-corrected chi connectivity index (χ2v) is 16.7. The van der Waals surface area contributed by atoms with Crippen LogP contribution in [0.4, 0.5) is 5.69 Å². The van der Waals surface area contributed by atoms with E-state index in [2.05, 4.69) is 39.5 Å². The van der Waals surface area contributed by atoms with E-state index in [0.717, 1.165) is 111 Å². The molecular weight excluding hydrogens is 751 g/mol. The number of fused-ring (bicyclic) bond motifs is 6. The monoisotopic (exact) mass is 799 g/mol. The molecule has 3 aromatic carbocycles. The van der Waals surface area contributed by atoms with Crippen LogP contribution in [-0.2, 0) is 34.4 Å². The molecule has 12 nitrogen and oxygen atoms in total. The Morgan fingerprint density at radius 3 is 2.55 bits per heavy atom. The van der Waals surface area contributed by atoms with Gasteiger partial charge in [-0.25, -0.2) is 9.78 Å². The lowest BCUT2D eigenvalue weighted by Gasteiger charge is -2.21. The predicted molar refractivity (Wildman–Crippen MR) is 229 cm³/mol. The van der Waals surface area contributed by atoms with Gasteiger partial charge < -0.3 is 16.0 Å². The van der Waals surface area contributed by atoms with Crippen molar-refractivity contribution in [3.63, 3.8) is 0 Å². The number of carbonyl (C=O) groups is 4. The molecule has 58 heavy (non-hydrogen) atoms. The standard InChI is InChI=1S/C45H49N7O5S/c1-27-25-47-40-39-31-18-19-32(49-33(31)20-22-36(39)58-42(40)44(56)48-27)30-15-10-12-28(24-30)26-46-37(53)17-9-7-5-3-4-6-8-13-29-14-11-16-34-41(29)51(2)45(57)52(34)35-21-23-38(54)50-43(35)55/h10-12,14-16,18-20,22,24,27,35,47H,3-9,13,17,21,23,25-26H2,1-2H3,(H,46,53)(H,48,56)(H,50,54,55)/t27-,35?/m1/s1. The average molecular weight is 800 g/mol. The van der Waals surface area contributed by atoms with Crippen LogP contribution >= 0.6 is 11.3 Å². The molecule has 0 aliphatic carbocycles. The molecular formula is C45H49N7O5S. The summed E-state index contributed by atoms with van der Waals surface area (Å²) >= 11 is 1.50. The second kappa shape index (κ2) is 17.0. The van der Waals surface area contributed by atoms with Crippen molar-refractivity contribution in [1.82, 2.24) is 30.1 Å². The van der Waals surface area contributed by atoms with E-state index >= 15 is 0 Å². The molecule has 3 aromatic heterocycles. The lowest BCUT2D eigenvalue weighted by molar-refractivity contribution is -0.135. The number of aromatic nitrogens is 3. The number of imidazole rings is 1. The van der Waals surface area contributed by atoms with Gasteiger partial charge in [-0.1, -0.05) is 62.4 Å². The molecule has 0 radical (unpaired) electrons. The SMILES string of the molecule is C[C@@H]1CNc2c(sc3ccc4nc(-c5cccc(CNC(=O)CCCCCCCCCc6cccc7c6n(C)c(=O)n7C6CCC(=O)NC6=O)c5)ccc4c23)C(=O)N1. The summed E-state index contributed by atoms with van der Waals surface area (Å²) in [6, 6.07) is 21.5. The molecule has 5 heterocycles. The van der Waals surface area contributed by atoms with E-state index in [4.69, 9.17) is 4.98 Å². The van der Waals surface area contributed by atoms with Gasteiger partial charge in [-0.05, 0) is 80.1 Å². The Balaban J connectivity index is 0.769. The van der Waals surface area contributed by atoms with Crippen LogP contribution in [0.5, 0.6) is 0 Å². The van der Waals surface area contributed by atoms with Crippen LogP contribution in [0, 0.1) is 0 Å². The quantitative estimate of drug-likeness (QED) is 0.0667. The van der Waals surface area contributed by atoms with Crippen molar-refractivity contribution >= 4 is 72.7 Å². The first-order chi connectivity index (χ1) is 28.2. The zero-order valence-corrected chi connectivity index (χ0v) is 33.8. The Bertz CT molecular complexity index is 2620. The fraction of sp³-hybridized carbons (Fsp3) is 0.378. The van der Waals surface area contributed by atoms with Crippen molar-refractivity contribution in [3.05, 3.63) is 93.2 Å². The third kappa shape index (κ3) is 8.00. The number of amides is 4. The zero-order chi connectivity index (χ0) is 40.3. The summed E-state index contributed by atoms with van der Waals surface area (Å²) in [7, 11) is 1.75. The highest BCUT2D eigenvalue weighted by Crippen LogP contribution is 2.41. The van der Waals surface area contributed by atoms with E-state index in [-0.39, 0.29) is 35.9 Å². The highest BCUT2D eigenvalue weighted by atomic mass is 32.1. The summed E-state index contributed by atoms with van der Waals surface area (Å²) in [5, 5.41) is 14.1. The van der Waals surface area contributed by atoms with Crippen molar-refractivity contribution in [2.45, 2.75) is 96.2 Å². The molecule has 4 N–H and O–H groups in total. The normalized spacial score (nSPS) is 16.9. The van der Waals surface area contributed by atoms with Crippen molar-refractivity contribution < 1.29 is 19.2 Å². The minimum absolute atomic E-state index is 0.0406. The molecule has 300 valence electrons. The topological polar surface area (TPSA) is 156 Å². The average Bonchev–Trinajstić information content (AvgIpc) is 3.68. The summed E-state index contributed by atoms with van der Waals surface area (Å²) in [5.41, 5.74) is 7.04. The smallest absolute Gasteiger partial charge is 0.329 e. The van der Waals surface area contributed by atoms with E-state index in [1.54, 1.807) is 16.2 Å². The summed E-state index contributed by atoms with van der Waals surface area (Å²) in [6.45, 7) is 3.12. The first-order valence-electron chi connectivity index (χ1n) is 20.5. The number of anilines is 1. The van der Waals surface area contributed by atoms with E-state index in [0.29, 0.717) is 30.8 Å². The largest absolute Gasteiger partial charge is 0.381 e. The summed E-state index contributed by atoms with van der Waals surface area (Å²) < 4.78 is 4.22. The number of para-hydroxylation sites is 1. The number of hydrogen-bond acceptors (Lipinski definition) is 8. The Morgan fingerprint density at radius 2 is 1.72 bits per heavy atom. The van der Waals surface area contributed by atoms with Crippen LogP contribution in [-0.4, -0.2) is 50.3 Å². The zero-order valence-electron chi connectivity index (χ0n) is 33.0. The number of thiophene rings is 1. The van der Waals surface area contributed by atoms with Gasteiger partial charge >= 0.3 is 5.69 Å². The molecule has 0 saturated carbocycles. The molecule has 2 atom stereocenters. The fourth-order valence-corrected chi connectivity index (χ4v) is 9.55. The molecule has 13 heteroatoms. The number of aryl methyl sites for hydroxylation is 2. The van der Waals surface area contributed by atoms with Gasteiger partial charge in [0.1, 0.15) is 10.9 Å². The van der Waals surface area contributed by atoms with Gasteiger partial charge in [0.05, 0.1) is 27.9 Å². The van der Waals surface area contributed by atoms with E-state index in [1.165, 1.54) is 11.3 Å². The summed E-state index contributed by atoms with van der Waals surface area (Å²) in [4.78, 5) is 68.7. The van der Waals surface area contributed by atoms with Gasteiger partial charge in [0.15, 0.2) is 0 Å². The van der Waals surface area contributed by atoms with Gasteiger partial charge in [0.2, 0.25) is 17.7 Å². The van der Waals surface area contributed by atoms with Crippen LogP contribution in [0.2, 0.25) is 0 Å². The maximum Gasteiger partial charge on any atom is 0.329 e. The fourth-order valence-electron chi connectivity index (χ4n) is 8.45. The Labute approximate surface area is 340 Å². The number of nitrogens with one attached hydrogen (secondary N) is 4. The first kappa shape index (κ1) is 39.0. The number of pyridine rings is 1. The Kier molecular flexibility index (Phi) is 11.4. The molecule has 6 aromatic rings. The maximum absolute atomic E-state index is 13.2. The van der Waals surface area contributed by atoms with Crippen molar-refractivity contribution in [3.8, 4) is 11.3 Å². The molecule has 0 bridgehead atoms. The lowest BCUT2D eigenvalue weighted by atomic mass is 10.0. The second-order valence-electron chi connectivity index (χ2n) is 15.7. The molecule has 2 aliphatic rings. The minimum Gasteiger partial charge on any atom is -0.381 e. The lowest BCUT2D eigenvalue weighted by Crippen LogP contribution is -2.44. The number of unbranched alkanes of at least 4 members (excludes halogenated alkanes) is 6. The van der Waals surface area contributed by atoms with Gasteiger partial charge in [-0.15, -0.1) is 11.3 Å². The third-order valence-corrected chi connectivity index (χ3v) is 12.6. The highest BCUT2D eigenvalue weighted by molar-refractivity contribution is 7.21. The minimum atomic E-state index is -0.681. The number of benzene rings is 3.